The molecule has 152 valence electrons. The molecule has 0 bridgehead atoms. The lowest BCUT2D eigenvalue weighted by molar-refractivity contribution is -0.133. The number of piperidine rings is 1. The van der Waals surface area contributed by atoms with Gasteiger partial charge in [0.1, 0.15) is 0 Å². The SMILES string of the molecule is O=C(CN1CCCC1=O)NC1CCN(CC2(c3ccc(Cl)cc3)CCC2)CC1. The Hall–Kier alpha value is -1.59. The van der Waals surface area contributed by atoms with Crippen LogP contribution >= 0.6 is 11.6 Å². The lowest BCUT2D eigenvalue weighted by Crippen LogP contribution is -2.51. The highest BCUT2D eigenvalue weighted by molar-refractivity contribution is 6.30. The molecule has 28 heavy (non-hydrogen) atoms. The Kier molecular flexibility index (Phi) is 5.93. The zero-order chi connectivity index (χ0) is 19.6. The van der Waals surface area contributed by atoms with Crippen LogP contribution in [-0.4, -0.2) is 60.4 Å². The molecule has 2 saturated heterocycles. The highest BCUT2D eigenvalue weighted by Gasteiger charge is 2.40. The van der Waals surface area contributed by atoms with Crippen LogP contribution in [0.3, 0.4) is 0 Å². The van der Waals surface area contributed by atoms with Crippen LogP contribution in [0.1, 0.15) is 50.5 Å². The molecule has 1 aliphatic carbocycles. The Bertz CT molecular complexity index is 709. The van der Waals surface area contributed by atoms with E-state index in [9.17, 15) is 9.59 Å². The average molecular weight is 404 g/mol. The summed E-state index contributed by atoms with van der Waals surface area (Å²) >= 11 is 6.07. The normalized spacial score (nSPS) is 22.9. The van der Waals surface area contributed by atoms with Crippen LogP contribution in [0.25, 0.3) is 0 Å². The zero-order valence-electron chi connectivity index (χ0n) is 16.5. The van der Waals surface area contributed by atoms with Crippen LogP contribution in [0.15, 0.2) is 24.3 Å². The fourth-order valence-electron chi connectivity index (χ4n) is 4.93. The van der Waals surface area contributed by atoms with Crippen molar-refractivity contribution in [3.05, 3.63) is 34.9 Å². The first kappa shape index (κ1) is 19.7. The van der Waals surface area contributed by atoms with E-state index in [4.69, 9.17) is 11.6 Å². The lowest BCUT2D eigenvalue weighted by Gasteiger charge is -2.47. The summed E-state index contributed by atoms with van der Waals surface area (Å²) in [5, 5.41) is 3.94. The molecule has 0 radical (unpaired) electrons. The number of hydrogen-bond donors (Lipinski definition) is 1. The molecule has 0 aromatic heterocycles. The van der Waals surface area contributed by atoms with Crippen molar-refractivity contribution in [2.24, 2.45) is 0 Å². The smallest absolute Gasteiger partial charge is 0.239 e. The van der Waals surface area contributed by atoms with E-state index in [1.807, 2.05) is 12.1 Å². The van der Waals surface area contributed by atoms with Gasteiger partial charge in [-0.3, -0.25) is 9.59 Å². The molecule has 1 saturated carbocycles. The fraction of sp³-hybridized carbons (Fsp3) is 0.636. The Morgan fingerprint density at radius 1 is 1.11 bits per heavy atom. The van der Waals surface area contributed by atoms with Crippen molar-refractivity contribution in [2.75, 3.05) is 32.7 Å². The van der Waals surface area contributed by atoms with E-state index in [2.05, 4.69) is 22.3 Å². The number of nitrogens with one attached hydrogen (secondary N) is 1. The molecule has 5 nitrogen and oxygen atoms in total. The Morgan fingerprint density at radius 3 is 2.39 bits per heavy atom. The summed E-state index contributed by atoms with van der Waals surface area (Å²) in [5.74, 6) is 0.100. The van der Waals surface area contributed by atoms with Gasteiger partial charge in [0.2, 0.25) is 11.8 Å². The largest absolute Gasteiger partial charge is 0.352 e. The minimum atomic E-state index is -0.00896. The highest BCUT2D eigenvalue weighted by Crippen LogP contribution is 2.44. The van der Waals surface area contributed by atoms with Gasteiger partial charge in [-0.15, -0.1) is 0 Å². The second-order valence-electron chi connectivity index (χ2n) is 8.68. The molecule has 0 spiro atoms. The number of carbonyl (C=O) groups excluding carboxylic acids is 2. The van der Waals surface area contributed by atoms with Crippen molar-refractivity contribution in [1.29, 1.82) is 0 Å². The summed E-state index contributed by atoms with van der Waals surface area (Å²) < 4.78 is 0. The highest BCUT2D eigenvalue weighted by atomic mass is 35.5. The standard InChI is InChI=1S/C22H30ClN3O2/c23-18-6-4-17(5-7-18)22(10-2-11-22)16-25-13-8-19(9-14-25)24-20(27)15-26-12-1-3-21(26)28/h4-7,19H,1-3,8-16H2,(H,24,27). The van der Waals surface area contributed by atoms with Crippen molar-refractivity contribution in [3.8, 4) is 0 Å². The number of halogens is 1. The second kappa shape index (κ2) is 8.42. The third kappa shape index (κ3) is 4.36. The van der Waals surface area contributed by atoms with Crippen LogP contribution in [0, 0.1) is 0 Å². The summed E-state index contributed by atoms with van der Waals surface area (Å²) in [7, 11) is 0. The average Bonchev–Trinajstić information content (AvgIpc) is 3.05. The molecule has 4 rings (SSSR count). The lowest BCUT2D eigenvalue weighted by atomic mass is 9.64. The number of benzene rings is 1. The second-order valence-corrected chi connectivity index (χ2v) is 9.11. The summed E-state index contributed by atoms with van der Waals surface area (Å²) in [6, 6.07) is 8.62. The molecule has 1 N–H and O–H groups in total. The van der Waals surface area contributed by atoms with E-state index in [0.717, 1.165) is 50.5 Å². The van der Waals surface area contributed by atoms with Crippen LogP contribution in [0.2, 0.25) is 5.02 Å². The Morgan fingerprint density at radius 2 is 1.82 bits per heavy atom. The minimum absolute atomic E-state index is 0.00896. The van der Waals surface area contributed by atoms with E-state index in [-0.39, 0.29) is 29.8 Å². The third-order valence-corrected chi connectivity index (χ3v) is 7.00. The molecule has 2 aliphatic heterocycles. The van der Waals surface area contributed by atoms with Crippen LogP contribution in [-0.2, 0) is 15.0 Å². The molecule has 0 atom stereocenters. The van der Waals surface area contributed by atoms with Crippen molar-refractivity contribution in [1.82, 2.24) is 15.1 Å². The number of amides is 2. The van der Waals surface area contributed by atoms with Crippen LogP contribution < -0.4 is 5.32 Å². The van der Waals surface area contributed by atoms with Gasteiger partial charge in [0.15, 0.2) is 0 Å². The van der Waals surface area contributed by atoms with Gasteiger partial charge in [-0.05, 0) is 49.8 Å². The van der Waals surface area contributed by atoms with E-state index in [1.54, 1.807) is 4.90 Å². The predicted octanol–water partition coefficient (Wildman–Crippen LogP) is 2.96. The topological polar surface area (TPSA) is 52.7 Å². The molecule has 3 aliphatic rings. The number of carbonyl (C=O) groups is 2. The van der Waals surface area contributed by atoms with E-state index < -0.39 is 0 Å². The minimum Gasteiger partial charge on any atom is -0.352 e. The maximum Gasteiger partial charge on any atom is 0.239 e. The van der Waals surface area contributed by atoms with Crippen molar-refractivity contribution >= 4 is 23.4 Å². The van der Waals surface area contributed by atoms with Gasteiger partial charge in [0.25, 0.3) is 0 Å². The number of nitrogens with zero attached hydrogens (tertiary/aromatic N) is 2. The van der Waals surface area contributed by atoms with E-state index in [0.29, 0.717) is 6.42 Å². The van der Waals surface area contributed by atoms with Crippen molar-refractivity contribution < 1.29 is 9.59 Å². The molecule has 6 heteroatoms. The third-order valence-electron chi connectivity index (χ3n) is 6.75. The van der Waals surface area contributed by atoms with Gasteiger partial charge in [0.05, 0.1) is 6.54 Å². The maximum atomic E-state index is 12.3. The summed E-state index contributed by atoms with van der Waals surface area (Å²) in [6.07, 6.45) is 7.21. The predicted molar refractivity (Wildman–Crippen MR) is 110 cm³/mol. The van der Waals surface area contributed by atoms with Crippen LogP contribution in [0.4, 0.5) is 0 Å². The fourth-order valence-corrected chi connectivity index (χ4v) is 5.05. The first-order chi connectivity index (χ1) is 13.5. The number of hydrogen-bond acceptors (Lipinski definition) is 3. The Labute approximate surface area is 172 Å². The first-order valence-electron chi connectivity index (χ1n) is 10.6. The maximum absolute atomic E-state index is 12.3. The van der Waals surface area contributed by atoms with Gasteiger partial charge in [-0.1, -0.05) is 30.2 Å². The molecular formula is C22H30ClN3O2. The number of likely N-dealkylation sites (tertiary alicyclic amines) is 2. The van der Waals surface area contributed by atoms with Crippen molar-refractivity contribution in [3.63, 3.8) is 0 Å². The molecule has 2 heterocycles. The molecular weight excluding hydrogens is 374 g/mol. The molecule has 3 fully saturated rings. The zero-order valence-corrected chi connectivity index (χ0v) is 17.2. The number of rotatable bonds is 6. The summed E-state index contributed by atoms with van der Waals surface area (Å²) in [5.41, 5.74) is 1.69. The van der Waals surface area contributed by atoms with Gasteiger partial charge in [-0.25, -0.2) is 0 Å². The van der Waals surface area contributed by atoms with E-state index in [1.165, 1.54) is 24.8 Å². The molecule has 1 aromatic carbocycles. The van der Waals surface area contributed by atoms with E-state index >= 15 is 0 Å². The summed E-state index contributed by atoms with van der Waals surface area (Å²) in [4.78, 5) is 28.2. The summed E-state index contributed by atoms with van der Waals surface area (Å²) in [6.45, 7) is 4.07. The molecule has 2 amide bonds. The van der Waals surface area contributed by atoms with Gasteiger partial charge < -0.3 is 15.1 Å². The Balaban J connectivity index is 1.25. The van der Waals surface area contributed by atoms with Crippen LogP contribution in [0.5, 0.6) is 0 Å². The van der Waals surface area contributed by atoms with Gasteiger partial charge in [0, 0.05) is 49.1 Å². The van der Waals surface area contributed by atoms with Gasteiger partial charge in [-0.2, -0.15) is 0 Å². The first-order valence-corrected chi connectivity index (χ1v) is 11.0. The monoisotopic (exact) mass is 403 g/mol. The quantitative estimate of drug-likeness (QED) is 0.794. The van der Waals surface area contributed by atoms with Crippen molar-refractivity contribution in [2.45, 2.75) is 56.4 Å². The molecule has 1 aromatic rings. The van der Waals surface area contributed by atoms with Gasteiger partial charge >= 0.3 is 0 Å². The molecule has 0 unspecified atom stereocenters.